The molecule has 0 aliphatic rings. The molecule has 1 heterocycles. The van der Waals surface area contributed by atoms with Crippen LogP contribution in [0, 0.1) is 6.92 Å². The van der Waals surface area contributed by atoms with Crippen molar-refractivity contribution in [3.05, 3.63) is 48.2 Å². The Labute approximate surface area is 105 Å². The third kappa shape index (κ3) is 2.78. The highest BCUT2D eigenvalue weighted by Gasteiger charge is 2.14. The monoisotopic (exact) mass is 264 g/mol. The Morgan fingerprint density at radius 1 is 1.22 bits per heavy atom. The lowest BCUT2D eigenvalue weighted by Gasteiger charge is -2.07. The van der Waals surface area contributed by atoms with Gasteiger partial charge in [-0.25, -0.2) is 13.4 Å². The molecular formula is C12H12N2O3S. The highest BCUT2D eigenvalue weighted by molar-refractivity contribution is 7.92. The molecule has 0 unspecified atom stereocenters. The number of nitrogens with zero attached hydrogens (tertiary/aromatic N) is 1. The molecule has 0 fully saturated rings. The van der Waals surface area contributed by atoms with E-state index >= 15 is 0 Å². The number of anilines is 1. The number of sulfonamides is 1. The maximum Gasteiger partial charge on any atom is 0.263 e. The first-order valence-corrected chi connectivity index (χ1v) is 6.70. The molecule has 0 atom stereocenters. The first-order chi connectivity index (χ1) is 8.47. The zero-order valence-electron chi connectivity index (χ0n) is 9.66. The molecular weight excluding hydrogens is 252 g/mol. The van der Waals surface area contributed by atoms with Crippen molar-refractivity contribution in [1.29, 1.82) is 0 Å². The van der Waals surface area contributed by atoms with Gasteiger partial charge in [-0.1, -0.05) is 12.1 Å². The average molecular weight is 264 g/mol. The van der Waals surface area contributed by atoms with Crippen LogP contribution in [0.25, 0.3) is 0 Å². The topological polar surface area (TPSA) is 79.3 Å². The Morgan fingerprint density at radius 3 is 2.61 bits per heavy atom. The van der Waals surface area contributed by atoms with E-state index in [1.54, 1.807) is 18.3 Å². The number of phenols is 1. The van der Waals surface area contributed by atoms with Crippen LogP contribution >= 0.6 is 0 Å². The van der Waals surface area contributed by atoms with Crippen LogP contribution in [0.5, 0.6) is 5.75 Å². The first kappa shape index (κ1) is 12.4. The Kier molecular flexibility index (Phi) is 3.20. The van der Waals surface area contributed by atoms with Crippen molar-refractivity contribution in [2.75, 3.05) is 4.72 Å². The number of rotatable bonds is 3. The maximum atomic E-state index is 12.0. The molecule has 0 radical (unpaired) electrons. The molecule has 1 aromatic carbocycles. The largest absolute Gasteiger partial charge is 0.508 e. The molecule has 2 aromatic rings. The van der Waals surface area contributed by atoms with Crippen molar-refractivity contribution < 1.29 is 13.5 Å². The van der Waals surface area contributed by atoms with Gasteiger partial charge < -0.3 is 5.11 Å². The number of nitrogens with one attached hydrogen (secondary N) is 1. The summed E-state index contributed by atoms with van der Waals surface area (Å²) in [5.74, 6) is 0.138. The van der Waals surface area contributed by atoms with Crippen LogP contribution in [-0.2, 0) is 10.0 Å². The Bertz CT molecular complexity index is 651. The second-order valence-electron chi connectivity index (χ2n) is 3.82. The van der Waals surface area contributed by atoms with Gasteiger partial charge in [-0.2, -0.15) is 0 Å². The molecule has 2 rings (SSSR count). The smallest absolute Gasteiger partial charge is 0.263 e. The average Bonchev–Trinajstić information content (AvgIpc) is 2.32. The van der Waals surface area contributed by atoms with Crippen molar-refractivity contribution in [2.45, 2.75) is 11.8 Å². The molecule has 0 bridgehead atoms. The highest BCUT2D eigenvalue weighted by atomic mass is 32.2. The lowest BCUT2D eigenvalue weighted by atomic mass is 10.3. The van der Waals surface area contributed by atoms with Crippen LogP contribution in [0.2, 0.25) is 0 Å². The van der Waals surface area contributed by atoms with Crippen LogP contribution in [0.3, 0.4) is 0 Å². The van der Waals surface area contributed by atoms with Gasteiger partial charge in [0.25, 0.3) is 10.0 Å². The third-order valence-corrected chi connectivity index (χ3v) is 3.63. The minimum absolute atomic E-state index is 0.00937. The quantitative estimate of drug-likeness (QED) is 0.887. The van der Waals surface area contributed by atoms with Gasteiger partial charge in [0.1, 0.15) is 11.6 Å². The highest BCUT2D eigenvalue weighted by Crippen LogP contribution is 2.18. The third-order valence-electron chi connectivity index (χ3n) is 2.28. The van der Waals surface area contributed by atoms with Crippen molar-refractivity contribution in [1.82, 2.24) is 4.98 Å². The number of phenolic OH excluding ortho intramolecular Hbond substituents is 1. The van der Waals surface area contributed by atoms with Crippen LogP contribution in [-0.4, -0.2) is 18.5 Å². The van der Waals surface area contributed by atoms with Crippen LogP contribution in [0.15, 0.2) is 47.5 Å². The summed E-state index contributed by atoms with van der Waals surface area (Å²) in [6, 6.07) is 8.78. The van der Waals surface area contributed by atoms with E-state index in [1.807, 2.05) is 6.92 Å². The van der Waals surface area contributed by atoms with E-state index in [4.69, 9.17) is 0 Å². The fourth-order valence-corrected chi connectivity index (χ4v) is 2.42. The number of aromatic nitrogens is 1. The molecule has 18 heavy (non-hydrogen) atoms. The molecule has 0 aliphatic carbocycles. The number of aryl methyl sites for hydroxylation is 1. The number of benzene rings is 1. The zero-order valence-corrected chi connectivity index (χ0v) is 10.5. The summed E-state index contributed by atoms with van der Waals surface area (Å²) in [6.45, 7) is 1.86. The van der Waals surface area contributed by atoms with Gasteiger partial charge in [0.05, 0.1) is 4.90 Å². The van der Waals surface area contributed by atoms with E-state index in [0.29, 0.717) is 0 Å². The summed E-state index contributed by atoms with van der Waals surface area (Å²) in [5.41, 5.74) is 0.940. The number of hydrogen-bond acceptors (Lipinski definition) is 4. The van der Waals surface area contributed by atoms with E-state index in [-0.39, 0.29) is 16.5 Å². The molecule has 0 amide bonds. The summed E-state index contributed by atoms with van der Waals surface area (Å²) in [6.07, 6.45) is 1.57. The van der Waals surface area contributed by atoms with Gasteiger partial charge in [0, 0.05) is 12.3 Å². The number of pyridine rings is 1. The normalized spacial score (nSPS) is 11.2. The second-order valence-corrected chi connectivity index (χ2v) is 5.51. The summed E-state index contributed by atoms with van der Waals surface area (Å²) in [5, 5.41) is 9.27. The minimum atomic E-state index is -3.72. The second kappa shape index (κ2) is 4.66. The molecule has 94 valence electrons. The number of hydrogen-bond donors (Lipinski definition) is 2. The standard InChI is InChI=1S/C12H12N2O3S/c1-9-5-6-12(13-8-9)14-18(16,17)11-4-2-3-10(15)7-11/h2-8,15H,1H3,(H,13,14). The van der Waals surface area contributed by atoms with Crippen LogP contribution < -0.4 is 4.72 Å². The van der Waals surface area contributed by atoms with Crippen LogP contribution in [0.4, 0.5) is 5.82 Å². The van der Waals surface area contributed by atoms with E-state index < -0.39 is 10.0 Å². The van der Waals surface area contributed by atoms with Gasteiger partial charge in [-0.3, -0.25) is 4.72 Å². The Hall–Kier alpha value is -2.08. The van der Waals surface area contributed by atoms with Crippen molar-refractivity contribution in [3.63, 3.8) is 0 Å². The van der Waals surface area contributed by atoms with E-state index in [2.05, 4.69) is 9.71 Å². The Morgan fingerprint density at radius 2 is 2.00 bits per heavy atom. The van der Waals surface area contributed by atoms with Gasteiger partial charge in [0.2, 0.25) is 0 Å². The van der Waals surface area contributed by atoms with Gasteiger partial charge in [-0.05, 0) is 30.7 Å². The van der Waals surface area contributed by atoms with Gasteiger partial charge in [0.15, 0.2) is 0 Å². The maximum absolute atomic E-state index is 12.0. The summed E-state index contributed by atoms with van der Waals surface area (Å²) in [4.78, 5) is 3.95. The summed E-state index contributed by atoms with van der Waals surface area (Å²) >= 11 is 0. The fraction of sp³-hybridized carbons (Fsp3) is 0.0833. The minimum Gasteiger partial charge on any atom is -0.508 e. The molecule has 0 spiro atoms. The molecule has 2 N–H and O–H groups in total. The van der Waals surface area contributed by atoms with Gasteiger partial charge >= 0.3 is 0 Å². The molecule has 5 nitrogen and oxygen atoms in total. The zero-order chi connectivity index (χ0) is 13.2. The Balaban J connectivity index is 2.30. The van der Waals surface area contributed by atoms with Gasteiger partial charge in [-0.15, -0.1) is 0 Å². The molecule has 0 saturated heterocycles. The van der Waals surface area contributed by atoms with Crippen molar-refractivity contribution in [3.8, 4) is 5.75 Å². The predicted molar refractivity (Wildman–Crippen MR) is 67.9 cm³/mol. The number of aromatic hydroxyl groups is 1. The van der Waals surface area contributed by atoms with Crippen molar-refractivity contribution in [2.24, 2.45) is 0 Å². The molecule has 6 heteroatoms. The lowest BCUT2D eigenvalue weighted by Crippen LogP contribution is -2.13. The first-order valence-electron chi connectivity index (χ1n) is 5.22. The summed E-state index contributed by atoms with van der Waals surface area (Å²) < 4.78 is 26.3. The molecule has 0 aliphatic heterocycles. The predicted octanol–water partition coefficient (Wildman–Crippen LogP) is 1.90. The van der Waals surface area contributed by atoms with E-state index in [9.17, 15) is 13.5 Å². The van der Waals surface area contributed by atoms with Crippen molar-refractivity contribution >= 4 is 15.8 Å². The SMILES string of the molecule is Cc1ccc(NS(=O)(=O)c2cccc(O)c2)nc1. The fourth-order valence-electron chi connectivity index (χ4n) is 1.38. The molecule has 1 aromatic heterocycles. The molecule has 0 saturated carbocycles. The summed E-state index contributed by atoms with van der Waals surface area (Å²) in [7, 11) is -3.72. The lowest BCUT2D eigenvalue weighted by molar-refractivity contribution is 0.473. The van der Waals surface area contributed by atoms with E-state index in [0.717, 1.165) is 5.56 Å². The van der Waals surface area contributed by atoms with E-state index in [1.165, 1.54) is 24.3 Å². The van der Waals surface area contributed by atoms with Crippen LogP contribution in [0.1, 0.15) is 5.56 Å².